The third kappa shape index (κ3) is 3.76. The highest BCUT2D eigenvalue weighted by molar-refractivity contribution is 7.89. The fourth-order valence-electron chi connectivity index (χ4n) is 4.63. The second-order valence-corrected chi connectivity index (χ2v) is 11.2. The van der Waals surface area contributed by atoms with Gasteiger partial charge in [0.25, 0.3) is 5.91 Å². The van der Waals surface area contributed by atoms with Crippen LogP contribution in [-0.4, -0.2) is 67.8 Å². The highest BCUT2D eigenvalue weighted by Gasteiger charge is 2.39. The lowest BCUT2D eigenvalue weighted by Gasteiger charge is -2.39. The van der Waals surface area contributed by atoms with Gasteiger partial charge in [-0.05, 0) is 39.7 Å². The van der Waals surface area contributed by atoms with Crippen molar-refractivity contribution < 1.29 is 22.7 Å². The molecule has 3 aliphatic rings. The molecule has 174 valence electrons. The number of anilines is 1. The number of sulfonamides is 1. The van der Waals surface area contributed by atoms with Crippen LogP contribution in [0.5, 0.6) is 0 Å². The molecule has 10 nitrogen and oxygen atoms in total. The molecule has 1 aliphatic carbocycles. The minimum Gasteiger partial charge on any atom is -0.377 e. The van der Waals surface area contributed by atoms with Crippen molar-refractivity contribution in [2.75, 3.05) is 31.2 Å². The van der Waals surface area contributed by atoms with Crippen LogP contribution in [-0.2, 0) is 19.5 Å². The van der Waals surface area contributed by atoms with E-state index in [2.05, 4.69) is 14.6 Å². The van der Waals surface area contributed by atoms with Crippen LogP contribution in [0, 0.1) is 0 Å². The molecule has 1 saturated carbocycles. The molecule has 3 fully saturated rings. The number of nitrogens with zero attached hydrogens (tertiary/aromatic N) is 3. The molecule has 0 unspecified atom stereocenters. The first-order chi connectivity index (χ1) is 15.1. The van der Waals surface area contributed by atoms with Crippen molar-refractivity contribution in [1.29, 1.82) is 0 Å². The number of carbonyl (C=O) groups is 1. The number of hydrogen-bond acceptors (Lipinski definition) is 7. The third-order valence-electron chi connectivity index (χ3n) is 6.19. The summed E-state index contributed by atoms with van der Waals surface area (Å²) < 4.78 is 42.0. The molecule has 0 radical (unpaired) electrons. The number of imidazole rings is 1. The normalized spacial score (nSPS) is 25.7. The molecule has 0 bridgehead atoms. The molecule has 2 aliphatic heterocycles. The van der Waals surface area contributed by atoms with Gasteiger partial charge < -0.3 is 20.1 Å². The molecule has 2 atom stereocenters. The first-order valence-corrected chi connectivity index (χ1v) is 12.4. The number of nitrogens with two attached hydrogens (primary N) is 1. The summed E-state index contributed by atoms with van der Waals surface area (Å²) in [6.45, 7) is 7.61. The van der Waals surface area contributed by atoms with Crippen LogP contribution in [0.2, 0.25) is 0 Å². The average Bonchev–Trinajstić information content (AvgIpc) is 3.44. The zero-order valence-electron chi connectivity index (χ0n) is 18.5. The number of pyridine rings is 1. The summed E-state index contributed by atoms with van der Waals surface area (Å²) in [6, 6.07) is 1.68. The molecule has 32 heavy (non-hydrogen) atoms. The predicted octanol–water partition coefficient (Wildman–Crippen LogP) is 0.991. The Morgan fingerprint density at radius 2 is 1.91 bits per heavy atom. The van der Waals surface area contributed by atoms with Crippen molar-refractivity contribution in [2.24, 2.45) is 5.73 Å². The monoisotopic (exact) mass is 463 g/mol. The van der Waals surface area contributed by atoms with Gasteiger partial charge >= 0.3 is 0 Å². The molecule has 5 rings (SSSR count). The van der Waals surface area contributed by atoms with Gasteiger partial charge in [-0.15, -0.1) is 0 Å². The number of fused-ring (bicyclic) bond motifs is 1. The predicted molar refractivity (Wildman–Crippen MR) is 117 cm³/mol. The summed E-state index contributed by atoms with van der Waals surface area (Å²) in [6.07, 6.45) is 3.38. The fraction of sp³-hybridized carbons (Fsp3) is 0.619. The summed E-state index contributed by atoms with van der Waals surface area (Å²) >= 11 is 0. The van der Waals surface area contributed by atoms with Gasteiger partial charge in [0.1, 0.15) is 4.90 Å². The Labute approximate surface area is 187 Å². The molecule has 4 heterocycles. The number of amides is 1. The highest BCUT2D eigenvalue weighted by atomic mass is 32.2. The van der Waals surface area contributed by atoms with E-state index in [0.717, 1.165) is 29.7 Å². The molecular formula is C21H29N5O5S. The fourth-order valence-corrected chi connectivity index (χ4v) is 6.02. The average molecular weight is 464 g/mol. The summed E-state index contributed by atoms with van der Waals surface area (Å²) in [5, 5.41) is 0. The van der Waals surface area contributed by atoms with Gasteiger partial charge in [0.05, 0.1) is 47.9 Å². The van der Waals surface area contributed by atoms with E-state index < -0.39 is 21.5 Å². The number of primary amides is 1. The Morgan fingerprint density at radius 1 is 1.25 bits per heavy atom. The van der Waals surface area contributed by atoms with Gasteiger partial charge in [-0.1, -0.05) is 0 Å². The van der Waals surface area contributed by atoms with Crippen molar-refractivity contribution >= 4 is 27.1 Å². The van der Waals surface area contributed by atoms with Crippen LogP contribution in [0.4, 0.5) is 5.69 Å². The molecular weight excluding hydrogens is 434 g/mol. The summed E-state index contributed by atoms with van der Waals surface area (Å²) in [5.41, 5.74) is 7.27. The van der Waals surface area contributed by atoms with E-state index in [1.807, 2.05) is 13.8 Å². The van der Waals surface area contributed by atoms with Gasteiger partial charge in [0.2, 0.25) is 15.8 Å². The highest BCUT2D eigenvalue weighted by Crippen LogP contribution is 2.44. The molecule has 1 amide bonds. The molecule has 0 spiro atoms. The van der Waals surface area contributed by atoms with Gasteiger partial charge in [-0.25, -0.2) is 18.1 Å². The number of morpholine rings is 1. The maximum Gasteiger partial charge on any atom is 0.285 e. The van der Waals surface area contributed by atoms with Gasteiger partial charge in [-0.3, -0.25) is 9.20 Å². The molecule has 3 N–H and O–H groups in total. The van der Waals surface area contributed by atoms with Crippen LogP contribution in [0.15, 0.2) is 17.2 Å². The van der Waals surface area contributed by atoms with Crippen molar-refractivity contribution in [2.45, 2.75) is 62.2 Å². The molecule has 2 aromatic rings. The maximum atomic E-state index is 13.3. The molecule has 2 saturated heterocycles. The van der Waals surface area contributed by atoms with E-state index in [4.69, 9.17) is 15.2 Å². The Hall–Kier alpha value is -2.21. The standard InChI is InChI=1S/C21H29N5O5S/c1-12-7-25(8-13(2)31-12)16-6-15(32(28,29)24-21(3)10-30-11-21)9-26-18(16)17(14-4-5-14)23-20(26)19(22)27/h6,9,12-14,24H,4-5,7-8,10-11H2,1-3H3,(H2,22,27)/t12-,13-/m0/s1. The quantitative estimate of drug-likeness (QED) is 0.654. The van der Waals surface area contributed by atoms with Crippen LogP contribution in [0.25, 0.3) is 5.52 Å². The smallest absolute Gasteiger partial charge is 0.285 e. The molecule has 2 aromatic heterocycles. The second-order valence-electron chi connectivity index (χ2n) is 9.56. The third-order valence-corrected chi connectivity index (χ3v) is 7.80. The van der Waals surface area contributed by atoms with E-state index in [1.165, 1.54) is 6.20 Å². The Bertz CT molecular complexity index is 1170. The van der Waals surface area contributed by atoms with Crippen molar-refractivity contribution in [1.82, 2.24) is 14.1 Å². The molecule has 11 heteroatoms. The second kappa shape index (κ2) is 7.41. The van der Waals surface area contributed by atoms with E-state index in [0.29, 0.717) is 26.3 Å². The zero-order valence-corrected chi connectivity index (χ0v) is 19.3. The zero-order chi connectivity index (χ0) is 22.8. The first kappa shape index (κ1) is 21.6. The topological polar surface area (TPSA) is 128 Å². The lowest BCUT2D eigenvalue weighted by molar-refractivity contribution is -0.0523. The number of rotatable bonds is 6. The van der Waals surface area contributed by atoms with Crippen LogP contribution < -0.4 is 15.4 Å². The van der Waals surface area contributed by atoms with Gasteiger partial charge in [0.15, 0.2) is 0 Å². The van der Waals surface area contributed by atoms with E-state index in [-0.39, 0.29) is 28.8 Å². The van der Waals surface area contributed by atoms with Crippen LogP contribution in [0.3, 0.4) is 0 Å². The van der Waals surface area contributed by atoms with Crippen LogP contribution >= 0.6 is 0 Å². The van der Waals surface area contributed by atoms with E-state index in [9.17, 15) is 13.2 Å². The van der Waals surface area contributed by atoms with Gasteiger partial charge in [0, 0.05) is 25.2 Å². The number of hydrogen-bond donors (Lipinski definition) is 2. The Balaban J connectivity index is 1.71. The number of carbonyl (C=O) groups excluding carboxylic acids is 1. The summed E-state index contributed by atoms with van der Waals surface area (Å²) in [7, 11) is -3.88. The van der Waals surface area contributed by atoms with Gasteiger partial charge in [-0.2, -0.15) is 0 Å². The number of ether oxygens (including phenoxy) is 2. The molecule has 0 aromatic carbocycles. The Kier molecular flexibility index (Phi) is 5.01. The first-order valence-electron chi connectivity index (χ1n) is 10.9. The number of nitrogens with one attached hydrogen (secondary N) is 1. The Morgan fingerprint density at radius 3 is 2.44 bits per heavy atom. The number of aromatic nitrogens is 2. The van der Waals surface area contributed by atoms with Crippen LogP contribution in [0.1, 0.15) is 55.8 Å². The van der Waals surface area contributed by atoms with Crippen molar-refractivity contribution in [3.8, 4) is 0 Å². The summed E-state index contributed by atoms with van der Waals surface area (Å²) in [5.74, 6) is -0.393. The SMILES string of the molecule is C[C@H]1CN(c2cc(S(=O)(=O)NC3(C)COC3)cn3c(C(N)=O)nc(C4CC4)c23)C[C@H](C)O1. The summed E-state index contributed by atoms with van der Waals surface area (Å²) in [4.78, 5) is 19.0. The largest absolute Gasteiger partial charge is 0.377 e. The van der Waals surface area contributed by atoms with E-state index >= 15 is 0 Å². The minimum atomic E-state index is -3.88. The lowest BCUT2D eigenvalue weighted by Crippen LogP contribution is -2.59. The van der Waals surface area contributed by atoms with E-state index in [1.54, 1.807) is 17.4 Å². The van der Waals surface area contributed by atoms with Crippen molar-refractivity contribution in [3.63, 3.8) is 0 Å². The van der Waals surface area contributed by atoms with Crippen molar-refractivity contribution in [3.05, 3.63) is 23.8 Å². The maximum absolute atomic E-state index is 13.3. The minimum absolute atomic E-state index is 0.0221. The lowest BCUT2D eigenvalue weighted by atomic mass is 10.0.